The first-order valence-corrected chi connectivity index (χ1v) is 7.87. The van der Waals surface area contributed by atoms with Crippen molar-refractivity contribution >= 4 is 27.4 Å². The van der Waals surface area contributed by atoms with Crippen LogP contribution in [0, 0.1) is 11.8 Å². The van der Waals surface area contributed by atoms with Gasteiger partial charge in [-0.2, -0.15) is 0 Å². The zero-order chi connectivity index (χ0) is 14.9. The Morgan fingerprint density at radius 3 is 2.50 bits per heavy atom. The Labute approximate surface area is 116 Å². The molecule has 1 aliphatic carbocycles. The van der Waals surface area contributed by atoms with E-state index in [1.54, 1.807) is 12.1 Å². The molecule has 1 aromatic carbocycles. The number of benzene rings is 1. The molecule has 2 atom stereocenters. The van der Waals surface area contributed by atoms with Crippen LogP contribution in [0.5, 0.6) is 0 Å². The predicted molar refractivity (Wildman–Crippen MR) is 72.0 cm³/mol. The molecular formula is C13H15NO5S. The third kappa shape index (κ3) is 2.82. The third-order valence-electron chi connectivity index (χ3n) is 3.30. The monoisotopic (exact) mass is 297 g/mol. The van der Waals surface area contributed by atoms with E-state index in [4.69, 9.17) is 5.11 Å². The third-order valence-corrected chi connectivity index (χ3v) is 5.09. The van der Waals surface area contributed by atoms with Gasteiger partial charge >= 0.3 is 5.97 Å². The van der Waals surface area contributed by atoms with Gasteiger partial charge in [0.15, 0.2) is 9.84 Å². The van der Waals surface area contributed by atoms with Gasteiger partial charge in [0.25, 0.3) is 0 Å². The van der Waals surface area contributed by atoms with Crippen LogP contribution in [0.2, 0.25) is 0 Å². The topological polar surface area (TPSA) is 101 Å². The summed E-state index contributed by atoms with van der Waals surface area (Å²) in [7, 11) is -3.44. The maximum absolute atomic E-state index is 11.9. The Kier molecular flexibility index (Phi) is 3.80. The van der Waals surface area contributed by atoms with Crippen LogP contribution in [0.3, 0.4) is 0 Å². The van der Waals surface area contributed by atoms with Crippen molar-refractivity contribution < 1.29 is 23.1 Å². The highest BCUT2D eigenvalue weighted by Gasteiger charge is 2.48. The van der Waals surface area contributed by atoms with Crippen LogP contribution >= 0.6 is 0 Å². The van der Waals surface area contributed by atoms with E-state index in [2.05, 4.69) is 5.32 Å². The zero-order valence-electron chi connectivity index (χ0n) is 10.9. The lowest BCUT2D eigenvalue weighted by Crippen LogP contribution is -2.19. The van der Waals surface area contributed by atoms with Crippen molar-refractivity contribution in [3.8, 4) is 0 Å². The van der Waals surface area contributed by atoms with Gasteiger partial charge in [0.2, 0.25) is 5.91 Å². The van der Waals surface area contributed by atoms with Crippen molar-refractivity contribution in [2.24, 2.45) is 11.8 Å². The number of anilines is 1. The Morgan fingerprint density at radius 1 is 1.30 bits per heavy atom. The molecule has 0 saturated heterocycles. The summed E-state index contributed by atoms with van der Waals surface area (Å²) in [5.41, 5.74) is 0.204. The van der Waals surface area contributed by atoms with E-state index in [9.17, 15) is 18.0 Å². The minimum Gasteiger partial charge on any atom is -0.481 e. The molecule has 0 aliphatic heterocycles. The minimum atomic E-state index is -3.44. The first-order chi connectivity index (χ1) is 9.36. The number of hydrogen-bond acceptors (Lipinski definition) is 4. The van der Waals surface area contributed by atoms with Crippen molar-refractivity contribution in [3.63, 3.8) is 0 Å². The second-order valence-electron chi connectivity index (χ2n) is 4.68. The Morgan fingerprint density at radius 2 is 1.95 bits per heavy atom. The molecule has 1 aliphatic rings. The van der Waals surface area contributed by atoms with Gasteiger partial charge in [-0.15, -0.1) is 0 Å². The molecule has 0 aromatic heterocycles. The number of hydrogen-bond donors (Lipinski definition) is 2. The fourth-order valence-electron chi connectivity index (χ4n) is 1.98. The van der Waals surface area contributed by atoms with Gasteiger partial charge in [-0.25, -0.2) is 8.42 Å². The fraction of sp³-hybridized carbons (Fsp3) is 0.385. The molecular weight excluding hydrogens is 282 g/mol. The summed E-state index contributed by atoms with van der Waals surface area (Å²) in [6.07, 6.45) is 0.295. The average Bonchev–Trinajstić information content (AvgIpc) is 3.19. The molecule has 0 unspecified atom stereocenters. The van der Waals surface area contributed by atoms with Crippen molar-refractivity contribution in [3.05, 3.63) is 24.3 Å². The lowest BCUT2D eigenvalue weighted by molar-refractivity contribution is -0.139. The van der Waals surface area contributed by atoms with Crippen LogP contribution in [-0.2, 0) is 19.4 Å². The number of para-hydroxylation sites is 1. The Balaban J connectivity index is 2.19. The van der Waals surface area contributed by atoms with Gasteiger partial charge in [-0.3, -0.25) is 9.59 Å². The highest BCUT2D eigenvalue weighted by atomic mass is 32.2. The highest BCUT2D eigenvalue weighted by molar-refractivity contribution is 7.91. The summed E-state index contributed by atoms with van der Waals surface area (Å²) in [6.45, 7) is 1.52. The smallest absolute Gasteiger partial charge is 0.307 e. The first kappa shape index (κ1) is 14.5. The van der Waals surface area contributed by atoms with Gasteiger partial charge in [0.1, 0.15) is 0 Å². The number of carboxylic acids is 1. The number of aliphatic carboxylic acids is 1. The predicted octanol–water partition coefficient (Wildman–Crippen LogP) is 1.14. The summed E-state index contributed by atoms with van der Waals surface area (Å²) in [5, 5.41) is 11.3. The number of amides is 1. The molecule has 1 fully saturated rings. The first-order valence-electron chi connectivity index (χ1n) is 6.22. The molecule has 0 spiro atoms. The minimum absolute atomic E-state index is 0.0587. The molecule has 20 heavy (non-hydrogen) atoms. The van der Waals surface area contributed by atoms with E-state index in [-0.39, 0.29) is 16.3 Å². The van der Waals surface area contributed by atoms with E-state index >= 15 is 0 Å². The van der Waals surface area contributed by atoms with E-state index in [0.29, 0.717) is 6.42 Å². The highest BCUT2D eigenvalue weighted by Crippen LogP contribution is 2.39. The molecule has 2 N–H and O–H groups in total. The molecule has 0 bridgehead atoms. The van der Waals surface area contributed by atoms with Crippen molar-refractivity contribution in [2.45, 2.75) is 18.2 Å². The lowest BCUT2D eigenvalue weighted by Gasteiger charge is -2.10. The standard InChI is InChI=1S/C13H15NO5S/c1-2-20(18,19)11-6-4-3-5-10(11)14-12(15)8-7-9(8)13(16)17/h3-6,8-9H,2,7H2,1H3,(H,14,15)(H,16,17)/t8-,9+/m1/s1. The number of carbonyl (C=O) groups is 2. The van der Waals surface area contributed by atoms with Crippen LogP contribution < -0.4 is 5.32 Å². The number of carbonyl (C=O) groups excluding carboxylic acids is 1. The Hall–Kier alpha value is -1.89. The Bertz CT molecular complexity index is 652. The van der Waals surface area contributed by atoms with E-state index in [1.807, 2.05) is 0 Å². The summed E-state index contributed by atoms with van der Waals surface area (Å²) in [4.78, 5) is 22.7. The van der Waals surface area contributed by atoms with E-state index in [1.165, 1.54) is 19.1 Å². The largest absolute Gasteiger partial charge is 0.481 e. The molecule has 108 valence electrons. The quantitative estimate of drug-likeness (QED) is 0.848. The normalized spacial score (nSPS) is 21.2. The van der Waals surface area contributed by atoms with E-state index < -0.39 is 33.5 Å². The van der Waals surface area contributed by atoms with Crippen LogP contribution in [0.25, 0.3) is 0 Å². The van der Waals surface area contributed by atoms with Gasteiger partial charge in [-0.05, 0) is 18.6 Å². The molecule has 1 saturated carbocycles. The van der Waals surface area contributed by atoms with E-state index in [0.717, 1.165) is 0 Å². The molecule has 1 aromatic rings. The van der Waals surface area contributed by atoms with Crippen molar-refractivity contribution in [2.75, 3.05) is 11.1 Å². The maximum Gasteiger partial charge on any atom is 0.307 e. The molecule has 1 amide bonds. The zero-order valence-corrected chi connectivity index (χ0v) is 11.7. The second-order valence-corrected chi connectivity index (χ2v) is 6.92. The van der Waals surface area contributed by atoms with Crippen molar-refractivity contribution in [1.29, 1.82) is 0 Å². The fourth-order valence-corrected chi connectivity index (χ4v) is 3.03. The molecule has 6 nitrogen and oxygen atoms in total. The summed E-state index contributed by atoms with van der Waals surface area (Å²) in [5.74, 6) is -2.76. The summed E-state index contributed by atoms with van der Waals surface area (Å²) in [6, 6.07) is 6.12. The molecule has 7 heteroatoms. The second kappa shape index (κ2) is 5.24. The van der Waals surface area contributed by atoms with Crippen molar-refractivity contribution in [1.82, 2.24) is 0 Å². The van der Waals surface area contributed by atoms with Crippen LogP contribution in [0.1, 0.15) is 13.3 Å². The lowest BCUT2D eigenvalue weighted by atomic mass is 10.2. The number of rotatable bonds is 5. The molecule has 2 rings (SSSR count). The maximum atomic E-state index is 11.9. The van der Waals surface area contributed by atoms with Crippen LogP contribution in [0.4, 0.5) is 5.69 Å². The molecule has 0 heterocycles. The van der Waals surface area contributed by atoms with Crippen LogP contribution in [-0.4, -0.2) is 31.2 Å². The van der Waals surface area contributed by atoms with Gasteiger partial charge in [0, 0.05) is 0 Å². The van der Waals surface area contributed by atoms with Gasteiger partial charge < -0.3 is 10.4 Å². The summed E-state index contributed by atoms with van der Waals surface area (Å²) >= 11 is 0. The van der Waals surface area contributed by atoms with Gasteiger partial charge in [0.05, 0.1) is 28.2 Å². The number of carboxylic acid groups (broad SMARTS) is 1. The van der Waals surface area contributed by atoms with Crippen LogP contribution in [0.15, 0.2) is 29.2 Å². The number of sulfone groups is 1. The van der Waals surface area contributed by atoms with Gasteiger partial charge in [-0.1, -0.05) is 19.1 Å². The SMILES string of the molecule is CCS(=O)(=O)c1ccccc1NC(=O)[C@@H]1C[C@@H]1C(=O)O. The number of nitrogens with one attached hydrogen (secondary N) is 1. The molecule has 0 radical (unpaired) electrons. The average molecular weight is 297 g/mol. The summed E-state index contributed by atoms with van der Waals surface area (Å²) < 4.78 is 23.8.